The van der Waals surface area contributed by atoms with E-state index in [4.69, 9.17) is 43.7 Å². The maximum atomic E-state index is 13.5. The number of amides is 4. The lowest BCUT2D eigenvalue weighted by Gasteiger charge is -2.26. The average Bonchev–Trinajstić information content (AvgIpc) is 2.97. The first kappa shape index (κ1) is 30.1. The zero-order chi connectivity index (χ0) is 30.7. The second-order valence-corrected chi connectivity index (χ2v) is 11.8. The Labute approximate surface area is 261 Å². The Balaban J connectivity index is 1.44. The van der Waals surface area contributed by atoms with Crippen LogP contribution in [0.25, 0.3) is 6.08 Å². The molecule has 0 radical (unpaired) electrons. The molecule has 0 saturated carbocycles. The molecule has 1 aliphatic rings. The molecule has 218 valence electrons. The lowest BCUT2D eigenvalue weighted by molar-refractivity contribution is -0.122. The Morgan fingerprint density at radius 3 is 2.16 bits per heavy atom. The maximum Gasteiger partial charge on any atom is 0.339 e. The predicted molar refractivity (Wildman–Crippen MR) is 162 cm³/mol. The number of carbonyl (C=O) groups excluding carboxylic acids is 3. The van der Waals surface area contributed by atoms with Gasteiger partial charge < -0.3 is 8.92 Å². The molecule has 1 N–H and O–H groups in total. The molecule has 0 aromatic heterocycles. The van der Waals surface area contributed by atoms with E-state index < -0.39 is 39.3 Å². The summed E-state index contributed by atoms with van der Waals surface area (Å²) in [5, 5.41) is 2.27. The van der Waals surface area contributed by atoms with E-state index in [1.54, 1.807) is 12.1 Å². The van der Waals surface area contributed by atoms with Crippen LogP contribution in [0.2, 0.25) is 15.1 Å². The molecule has 0 aliphatic carbocycles. The van der Waals surface area contributed by atoms with Gasteiger partial charge in [-0.3, -0.25) is 14.9 Å². The lowest BCUT2D eigenvalue weighted by Crippen LogP contribution is -2.54. The van der Waals surface area contributed by atoms with E-state index in [1.165, 1.54) is 48.5 Å². The number of ether oxygens (including phenoxy) is 1. The fourth-order valence-corrected chi connectivity index (χ4v) is 5.70. The van der Waals surface area contributed by atoms with Gasteiger partial charge >= 0.3 is 16.1 Å². The minimum Gasteiger partial charge on any atom is -0.489 e. The molecule has 4 aromatic rings. The Morgan fingerprint density at radius 1 is 0.814 bits per heavy atom. The number of anilines is 1. The van der Waals surface area contributed by atoms with Crippen LogP contribution in [0.3, 0.4) is 0 Å². The van der Waals surface area contributed by atoms with Gasteiger partial charge in [-0.2, -0.15) is 8.42 Å². The highest BCUT2D eigenvalue weighted by Gasteiger charge is 2.37. The molecule has 5 rings (SSSR count). The molecule has 0 spiro atoms. The van der Waals surface area contributed by atoms with E-state index in [0.29, 0.717) is 17.4 Å². The summed E-state index contributed by atoms with van der Waals surface area (Å²) in [6, 6.07) is 22.3. The van der Waals surface area contributed by atoms with Crippen LogP contribution in [0.15, 0.2) is 101 Å². The normalized spacial score (nSPS) is 14.5. The standard InChI is InChI=1S/C30H19Cl3N2O7S/c31-20-6-12-24(13-7-20)43(39,40)42-27-19(14-21(32)16-26(27)33)15-25-28(36)34-30(38)35(29(25)37)22-8-10-23(11-9-22)41-17-18-4-2-1-3-5-18/h1-16H,17H2,(H,34,36,38)/b25-15+. The van der Waals surface area contributed by atoms with E-state index in [0.717, 1.165) is 16.5 Å². The highest BCUT2D eigenvalue weighted by molar-refractivity contribution is 7.87. The number of urea groups is 1. The molecule has 1 aliphatic heterocycles. The average molecular weight is 658 g/mol. The summed E-state index contributed by atoms with van der Waals surface area (Å²) in [4.78, 5) is 39.5. The van der Waals surface area contributed by atoms with Gasteiger partial charge in [0, 0.05) is 15.6 Å². The zero-order valence-corrected chi connectivity index (χ0v) is 24.9. The molecule has 0 bridgehead atoms. The minimum atomic E-state index is -4.42. The summed E-state index contributed by atoms with van der Waals surface area (Å²) in [6.45, 7) is 0.311. The van der Waals surface area contributed by atoms with Crippen LogP contribution in [-0.2, 0) is 26.3 Å². The van der Waals surface area contributed by atoms with E-state index in [1.807, 2.05) is 30.3 Å². The van der Waals surface area contributed by atoms with Crippen LogP contribution in [0.5, 0.6) is 11.5 Å². The molecule has 1 fully saturated rings. The number of hydrogen-bond acceptors (Lipinski definition) is 7. The topological polar surface area (TPSA) is 119 Å². The van der Waals surface area contributed by atoms with Crippen molar-refractivity contribution in [2.75, 3.05) is 4.90 Å². The number of halogens is 3. The number of benzene rings is 4. The van der Waals surface area contributed by atoms with Crippen molar-refractivity contribution in [3.63, 3.8) is 0 Å². The zero-order valence-electron chi connectivity index (χ0n) is 21.8. The quantitative estimate of drug-likeness (QED) is 0.128. The number of barbiturate groups is 1. The molecule has 1 heterocycles. The fourth-order valence-electron chi connectivity index (χ4n) is 4.01. The third kappa shape index (κ3) is 6.84. The molecule has 43 heavy (non-hydrogen) atoms. The molecule has 13 heteroatoms. The second kappa shape index (κ2) is 12.5. The monoisotopic (exact) mass is 656 g/mol. The Morgan fingerprint density at radius 2 is 1.49 bits per heavy atom. The van der Waals surface area contributed by atoms with Gasteiger partial charge in [0.15, 0.2) is 5.75 Å². The number of hydrogen-bond donors (Lipinski definition) is 1. The highest BCUT2D eigenvalue weighted by Crippen LogP contribution is 2.37. The van der Waals surface area contributed by atoms with Crippen molar-refractivity contribution in [2.45, 2.75) is 11.5 Å². The molecule has 0 unspecified atom stereocenters. The van der Waals surface area contributed by atoms with Crippen molar-refractivity contribution in [3.8, 4) is 11.5 Å². The summed E-state index contributed by atoms with van der Waals surface area (Å²) in [7, 11) is -4.42. The van der Waals surface area contributed by atoms with Crippen molar-refractivity contribution < 1.29 is 31.7 Å². The van der Waals surface area contributed by atoms with E-state index in [-0.39, 0.29) is 26.2 Å². The number of nitrogens with zero attached hydrogens (tertiary/aromatic N) is 1. The molecule has 1 saturated heterocycles. The molecular weight excluding hydrogens is 639 g/mol. The third-order valence-electron chi connectivity index (χ3n) is 6.08. The van der Waals surface area contributed by atoms with E-state index in [2.05, 4.69) is 5.32 Å². The number of imide groups is 2. The van der Waals surface area contributed by atoms with Gasteiger partial charge in [0.05, 0.1) is 10.7 Å². The molecular formula is C30H19Cl3N2O7S. The van der Waals surface area contributed by atoms with Gasteiger partial charge in [-0.1, -0.05) is 65.1 Å². The Bertz CT molecular complexity index is 1860. The Kier molecular flexibility index (Phi) is 8.74. The largest absolute Gasteiger partial charge is 0.489 e. The first-order valence-corrected chi connectivity index (χ1v) is 14.9. The van der Waals surface area contributed by atoms with Crippen LogP contribution in [0, 0.1) is 0 Å². The van der Waals surface area contributed by atoms with Crippen LogP contribution in [0.1, 0.15) is 11.1 Å². The highest BCUT2D eigenvalue weighted by atomic mass is 35.5. The predicted octanol–water partition coefficient (Wildman–Crippen LogP) is 6.66. The van der Waals surface area contributed by atoms with Crippen molar-refractivity contribution >= 4 is 74.5 Å². The smallest absolute Gasteiger partial charge is 0.339 e. The van der Waals surface area contributed by atoms with Gasteiger partial charge in [0.2, 0.25) is 0 Å². The summed E-state index contributed by atoms with van der Waals surface area (Å²) in [5.74, 6) is -1.90. The van der Waals surface area contributed by atoms with Gasteiger partial charge in [0.1, 0.15) is 22.8 Å². The van der Waals surface area contributed by atoms with Gasteiger partial charge in [-0.15, -0.1) is 0 Å². The maximum absolute atomic E-state index is 13.5. The SMILES string of the molecule is O=C1NC(=O)N(c2ccc(OCc3ccccc3)cc2)C(=O)/C1=C/c1cc(Cl)cc(Cl)c1OS(=O)(=O)c1ccc(Cl)cc1. The summed E-state index contributed by atoms with van der Waals surface area (Å²) >= 11 is 18.3. The van der Waals surface area contributed by atoms with Crippen molar-refractivity contribution in [2.24, 2.45) is 0 Å². The van der Waals surface area contributed by atoms with Gasteiger partial charge in [0.25, 0.3) is 11.8 Å². The summed E-state index contributed by atoms with van der Waals surface area (Å²) < 4.78 is 37.0. The molecule has 9 nitrogen and oxygen atoms in total. The van der Waals surface area contributed by atoms with Gasteiger partial charge in [-0.05, 0) is 72.3 Å². The van der Waals surface area contributed by atoms with Crippen molar-refractivity contribution in [3.05, 3.63) is 123 Å². The number of nitrogens with one attached hydrogen (secondary N) is 1. The van der Waals surface area contributed by atoms with Crippen LogP contribution >= 0.6 is 34.8 Å². The van der Waals surface area contributed by atoms with Gasteiger partial charge in [-0.25, -0.2) is 9.69 Å². The van der Waals surface area contributed by atoms with Crippen molar-refractivity contribution in [1.29, 1.82) is 0 Å². The van der Waals surface area contributed by atoms with Crippen LogP contribution in [-0.4, -0.2) is 26.3 Å². The van der Waals surface area contributed by atoms with E-state index >= 15 is 0 Å². The molecule has 4 amide bonds. The number of carbonyl (C=O) groups is 3. The lowest BCUT2D eigenvalue weighted by atomic mass is 10.1. The first-order chi connectivity index (χ1) is 20.5. The first-order valence-electron chi connectivity index (χ1n) is 12.4. The summed E-state index contributed by atoms with van der Waals surface area (Å²) in [5.41, 5.74) is 0.498. The van der Waals surface area contributed by atoms with E-state index in [9.17, 15) is 22.8 Å². The third-order valence-corrected chi connectivity index (χ3v) is 8.06. The molecule has 0 atom stereocenters. The van der Waals surface area contributed by atoms with Crippen LogP contribution < -0.4 is 19.1 Å². The Hall–Kier alpha value is -4.35. The minimum absolute atomic E-state index is 0.0655. The second-order valence-electron chi connectivity index (χ2n) is 9.02. The fraction of sp³-hybridized carbons (Fsp3) is 0.0333. The van der Waals surface area contributed by atoms with Crippen LogP contribution in [0.4, 0.5) is 10.5 Å². The molecule has 4 aromatic carbocycles. The van der Waals surface area contributed by atoms with Crippen molar-refractivity contribution in [1.82, 2.24) is 5.32 Å². The number of rotatable bonds is 8. The summed E-state index contributed by atoms with van der Waals surface area (Å²) in [6.07, 6.45) is 1.04.